The van der Waals surface area contributed by atoms with E-state index in [1.807, 2.05) is 0 Å². The second-order valence-electron chi connectivity index (χ2n) is 3.56. The van der Waals surface area contributed by atoms with Crippen molar-refractivity contribution in [3.8, 4) is 0 Å². The molecule has 1 rings (SSSR count). The van der Waals surface area contributed by atoms with Crippen molar-refractivity contribution in [1.82, 2.24) is 10.2 Å². The van der Waals surface area contributed by atoms with Crippen LogP contribution in [0.3, 0.4) is 0 Å². The molecule has 0 aliphatic carbocycles. The molecule has 1 saturated heterocycles. The van der Waals surface area contributed by atoms with E-state index >= 15 is 0 Å². The number of rotatable bonds is 4. The number of hydrogen-bond acceptors (Lipinski definition) is 3. The number of likely N-dealkylation sites (tertiary alicyclic amines) is 1. The number of piperidine rings is 1. The van der Waals surface area contributed by atoms with Crippen molar-refractivity contribution in [2.45, 2.75) is 25.3 Å². The second kappa shape index (κ2) is 5.51. The highest BCUT2D eigenvalue weighted by Crippen LogP contribution is 2.13. The van der Waals surface area contributed by atoms with E-state index in [-0.39, 0.29) is 6.61 Å². The summed E-state index contributed by atoms with van der Waals surface area (Å²) in [5.74, 6) is 0. The zero-order valence-electron chi connectivity index (χ0n) is 7.92. The van der Waals surface area contributed by atoms with Crippen LogP contribution in [0.2, 0.25) is 0 Å². The summed E-state index contributed by atoms with van der Waals surface area (Å²) in [4.78, 5) is 2.41. The molecule has 3 nitrogen and oxygen atoms in total. The Bertz CT molecular complexity index is 119. The Kier molecular flexibility index (Phi) is 4.58. The van der Waals surface area contributed by atoms with Gasteiger partial charge in [0.25, 0.3) is 0 Å². The van der Waals surface area contributed by atoms with E-state index in [0.717, 1.165) is 13.1 Å². The summed E-state index contributed by atoms with van der Waals surface area (Å²) in [6, 6.07) is 0.685. The van der Waals surface area contributed by atoms with Crippen LogP contribution in [-0.2, 0) is 0 Å². The van der Waals surface area contributed by atoms with E-state index in [1.165, 1.54) is 25.8 Å². The van der Waals surface area contributed by atoms with Gasteiger partial charge in [0, 0.05) is 19.1 Å². The fourth-order valence-corrected chi connectivity index (χ4v) is 1.75. The largest absolute Gasteiger partial charge is 0.395 e. The minimum absolute atomic E-state index is 0.246. The molecule has 0 saturated carbocycles. The topological polar surface area (TPSA) is 35.5 Å². The monoisotopic (exact) mass is 172 g/mol. The van der Waals surface area contributed by atoms with Gasteiger partial charge in [-0.3, -0.25) is 0 Å². The third-order valence-electron chi connectivity index (χ3n) is 2.59. The van der Waals surface area contributed by atoms with Gasteiger partial charge in [0.15, 0.2) is 0 Å². The number of aliphatic hydroxyl groups is 1. The number of nitrogens with one attached hydrogen (secondary N) is 1. The van der Waals surface area contributed by atoms with Crippen LogP contribution in [-0.4, -0.2) is 49.3 Å². The van der Waals surface area contributed by atoms with Crippen molar-refractivity contribution in [2.75, 3.05) is 33.3 Å². The first-order valence-electron chi connectivity index (χ1n) is 4.86. The van der Waals surface area contributed by atoms with E-state index in [9.17, 15) is 0 Å². The summed E-state index contributed by atoms with van der Waals surface area (Å²) in [7, 11) is 2.18. The maximum atomic E-state index is 8.59. The summed E-state index contributed by atoms with van der Waals surface area (Å²) >= 11 is 0. The molecule has 0 aromatic heterocycles. The molecule has 1 fully saturated rings. The Labute approximate surface area is 74.8 Å². The molecule has 0 amide bonds. The zero-order valence-corrected chi connectivity index (χ0v) is 7.92. The first-order valence-corrected chi connectivity index (χ1v) is 4.86. The van der Waals surface area contributed by atoms with Crippen LogP contribution in [0, 0.1) is 0 Å². The zero-order chi connectivity index (χ0) is 8.81. The lowest BCUT2D eigenvalue weighted by molar-refractivity contribution is 0.178. The molecule has 1 aliphatic heterocycles. The normalized spacial score (nSPS) is 26.0. The average molecular weight is 172 g/mol. The van der Waals surface area contributed by atoms with Gasteiger partial charge in [-0.1, -0.05) is 6.42 Å². The molecule has 1 unspecified atom stereocenters. The van der Waals surface area contributed by atoms with Gasteiger partial charge in [-0.05, 0) is 26.4 Å². The predicted octanol–water partition coefficient (Wildman–Crippen LogP) is 0.0526. The van der Waals surface area contributed by atoms with E-state index in [0.29, 0.717) is 6.04 Å². The molecule has 1 atom stereocenters. The van der Waals surface area contributed by atoms with Gasteiger partial charge >= 0.3 is 0 Å². The number of hydrogen-bond donors (Lipinski definition) is 2. The fraction of sp³-hybridized carbons (Fsp3) is 1.00. The van der Waals surface area contributed by atoms with Crippen LogP contribution in [0.5, 0.6) is 0 Å². The average Bonchev–Trinajstić information content (AvgIpc) is 2.09. The number of likely N-dealkylation sites (N-methyl/N-ethyl adjacent to an activating group) is 1. The molecule has 0 aromatic rings. The Morgan fingerprint density at radius 1 is 1.50 bits per heavy atom. The summed E-state index contributed by atoms with van der Waals surface area (Å²) in [5.41, 5.74) is 0. The van der Waals surface area contributed by atoms with E-state index in [1.54, 1.807) is 0 Å². The van der Waals surface area contributed by atoms with Crippen molar-refractivity contribution in [1.29, 1.82) is 0 Å². The third-order valence-corrected chi connectivity index (χ3v) is 2.59. The molecule has 3 heteroatoms. The first-order chi connectivity index (χ1) is 5.84. The molecule has 1 aliphatic rings. The lowest BCUT2D eigenvalue weighted by Crippen LogP contribution is -2.43. The molecular weight excluding hydrogens is 152 g/mol. The minimum Gasteiger partial charge on any atom is -0.395 e. The fourth-order valence-electron chi connectivity index (χ4n) is 1.75. The van der Waals surface area contributed by atoms with Gasteiger partial charge in [-0.2, -0.15) is 0 Å². The van der Waals surface area contributed by atoms with Gasteiger partial charge in [-0.15, -0.1) is 0 Å². The number of aliphatic hydroxyl groups excluding tert-OH is 1. The molecule has 1 heterocycles. The lowest BCUT2D eigenvalue weighted by Gasteiger charge is -2.32. The Morgan fingerprint density at radius 3 is 3.00 bits per heavy atom. The van der Waals surface area contributed by atoms with E-state index in [4.69, 9.17) is 5.11 Å². The highest BCUT2D eigenvalue weighted by Gasteiger charge is 2.17. The quantitative estimate of drug-likeness (QED) is 0.588. The first kappa shape index (κ1) is 9.96. The molecule has 0 spiro atoms. The molecule has 2 N–H and O–H groups in total. The molecule has 72 valence electrons. The van der Waals surface area contributed by atoms with Crippen LogP contribution in [0.25, 0.3) is 0 Å². The Balaban J connectivity index is 2.11. The molecule has 0 radical (unpaired) electrons. The van der Waals surface area contributed by atoms with Gasteiger partial charge in [0.1, 0.15) is 0 Å². The van der Waals surface area contributed by atoms with Gasteiger partial charge < -0.3 is 15.3 Å². The van der Waals surface area contributed by atoms with Crippen LogP contribution in [0.15, 0.2) is 0 Å². The maximum Gasteiger partial charge on any atom is 0.0555 e. The molecular formula is C9H20N2O. The standard InChI is InChI=1S/C9H20N2O/c1-11-6-3-2-4-9(11)8-10-5-7-12/h9-10,12H,2-8H2,1H3. The van der Waals surface area contributed by atoms with Crippen LogP contribution < -0.4 is 5.32 Å². The van der Waals surface area contributed by atoms with Crippen molar-refractivity contribution in [3.05, 3.63) is 0 Å². The van der Waals surface area contributed by atoms with E-state index in [2.05, 4.69) is 17.3 Å². The minimum atomic E-state index is 0.246. The molecule has 0 bridgehead atoms. The second-order valence-corrected chi connectivity index (χ2v) is 3.56. The highest BCUT2D eigenvalue weighted by molar-refractivity contribution is 4.75. The van der Waals surface area contributed by atoms with Gasteiger partial charge in [0.2, 0.25) is 0 Å². The van der Waals surface area contributed by atoms with Crippen molar-refractivity contribution in [2.24, 2.45) is 0 Å². The van der Waals surface area contributed by atoms with Crippen LogP contribution >= 0.6 is 0 Å². The van der Waals surface area contributed by atoms with Crippen molar-refractivity contribution >= 4 is 0 Å². The predicted molar refractivity (Wildman–Crippen MR) is 50.2 cm³/mol. The summed E-state index contributed by atoms with van der Waals surface area (Å²) < 4.78 is 0. The third kappa shape index (κ3) is 3.09. The highest BCUT2D eigenvalue weighted by atomic mass is 16.3. The Morgan fingerprint density at radius 2 is 2.33 bits per heavy atom. The number of nitrogens with zero attached hydrogens (tertiary/aromatic N) is 1. The van der Waals surface area contributed by atoms with Gasteiger partial charge in [0.05, 0.1) is 6.61 Å². The summed E-state index contributed by atoms with van der Waals surface area (Å²) in [5, 5.41) is 11.8. The summed E-state index contributed by atoms with van der Waals surface area (Å²) in [6.45, 7) is 3.23. The SMILES string of the molecule is CN1CCCCC1CNCCO. The van der Waals surface area contributed by atoms with Crippen molar-refractivity contribution in [3.63, 3.8) is 0 Å². The van der Waals surface area contributed by atoms with Gasteiger partial charge in [-0.25, -0.2) is 0 Å². The molecule has 0 aromatic carbocycles. The molecule has 12 heavy (non-hydrogen) atoms. The van der Waals surface area contributed by atoms with E-state index < -0.39 is 0 Å². The lowest BCUT2D eigenvalue weighted by atomic mass is 10.0. The Hall–Kier alpha value is -0.120. The smallest absolute Gasteiger partial charge is 0.0555 e. The maximum absolute atomic E-state index is 8.59. The summed E-state index contributed by atoms with van der Waals surface area (Å²) in [6.07, 6.45) is 4.00. The van der Waals surface area contributed by atoms with Crippen LogP contribution in [0.1, 0.15) is 19.3 Å². The van der Waals surface area contributed by atoms with Crippen molar-refractivity contribution < 1.29 is 5.11 Å². The van der Waals surface area contributed by atoms with Crippen LogP contribution in [0.4, 0.5) is 0 Å².